The van der Waals surface area contributed by atoms with Gasteiger partial charge in [0.25, 0.3) is 5.91 Å². The van der Waals surface area contributed by atoms with E-state index in [0.29, 0.717) is 46.6 Å². The van der Waals surface area contributed by atoms with Crippen LogP contribution in [0, 0.1) is 13.8 Å². The minimum atomic E-state index is -0.924. The van der Waals surface area contributed by atoms with E-state index >= 15 is 0 Å². The summed E-state index contributed by atoms with van der Waals surface area (Å²) in [5.41, 5.74) is 1.80. The largest absolute Gasteiger partial charge is 0.449 e. The topological polar surface area (TPSA) is 94.3 Å². The molecule has 1 aromatic carbocycles. The summed E-state index contributed by atoms with van der Waals surface area (Å²) in [5, 5.41) is 7.04. The molecule has 0 radical (unpaired) electrons. The quantitative estimate of drug-likeness (QED) is 0.666. The van der Waals surface area contributed by atoms with Crippen LogP contribution in [0.3, 0.4) is 0 Å². The molecule has 0 fully saturated rings. The molecule has 0 saturated carbocycles. The summed E-state index contributed by atoms with van der Waals surface area (Å²) in [6, 6.07) is 10.6. The Hall–Kier alpha value is -3.22. The first kappa shape index (κ1) is 18.6. The summed E-state index contributed by atoms with van der Waals surface area (Å²) in [6.07, 6.45) is 0.155. The summed E-state index contributed by atoms with van der Waals surface area (Å²) >= 11 is 0. The average Bonchev–Trinajstić information content (AvgIpc) is 3.05. The third-order valence-corrected chi connectivity index (χ3v) is 4.04. The molecule has 2 aromatic heterocycles. The van der Waals surface area contributed by atoms with Gasteiger partial charge in [0.05, 0.1) is 11.1 Å². The Morgan fingerprint density at radius 2 is 2.00 bits per heavy atom. The second-order valence-corrected chi connectivity index (χ2v) is 6.32. The van der Waals surface area contributed by atoms with Gasteiger partial charge in [-0.3, -0.25) is 9.78 Å². The number of amides is 1. The van der Waals surface area contributed by atoms with Crippen LogP contribution in [0.5, 0.6) is 0 Å². The number of nitrogens with zero attached hydrogens (tertiary/aromatic N) is 2. The lowest BCUT2D eigenvalue weighted by Gasteiger charge is -2.17. The fourth-order valence-electron chi connectivity index (χ4n) is 2.81. The van der Waals surface area contributed by atoms with E-state index < -0.39 is 18.0 Å². The zero-order valence-corrected chi connectivity index (χ0v) is 15.5. The molecule has 0 bridgehead atoms. The van der Waals surface area contributed by atoms with Crippen LogP contribution < -0.4 is 5.32 Å². The molecule has 7 nitrogen and oxygen atoms in total. The number of esters is 1. The van der Waals surface area contributed by atoms with E-state index in [9.17, 15) is 9.59 Å². The van der Waals surface area contributed by atoms with Crippen LogP contribution in [0.2, 0.25) is 0 Å². The molecule has 0 aliphatic rings. The van der Waals surface area contributed by atoms with Crippen LogP contribution >= 0.6 is 0 Å². The fourth-order valence-corrected chi connectivity index (χ4v) is 2.81. The van der Waals surface area contributed by atoms with E-state index in [-0.39, 0.29) is 0 Å². The number of hydrogen-bond acceptors (Lipinski definition) is 6. The van der Waals surface area contributed by atoms with Gasteiger partial charge in [-0.25, -0.2) is 4.79 Å². The van der Waals surface area contributed by atoms with E-state index in [4.69, 9.17) is 9.26 Å². The molecule has 3 rings (SSSR count). The number of carbonyl (C=O) groups excluding carboxylic acids is 2. The molecule has 140 valence electrons. The molecule has 1 atom stereocenters. The molecule has 0 aliphatic carbocycles. The molecule has 0 saturated heterocycles. The maximum atomic E-state index is 12.8. The number of pyridine rings is 1. The first-order chi connectivity index (χ1) is 13.0. The number of carbonyl (C=O) groups is 2. The number of hydrogen-bond donors (Lipinski definition) is 1. The Kier molecular flexibility index (Phi) is 5.49. The summed E-state index contributed by atoms with van der Waals surface area (Å²) < 4.78 is 10.5. The summed E-state index contributed by atoms with van der Waals surface area (Å²) in [4.78, 5) is 29.7. The normalized spacial score (nSPS) is 12.0. The molecule has 0 unspecified atom stereocenters. The van der Waals surface area contributed by atoms with Gasteiger partial charge in [-0.2, -0.15) is 0 Å². The zero-order chi connectivity index (χ0) is 19.4. The highest BCUT2D eigenvalue weighted by atomic mass is 16.5. The van der Waals surface area contributed by atoms with Gasteiger partial charge in [0.15, 0.2) is 11.9 Å². The fraction of sp³-hybridized carbons (Fsp3) is 0.300. The number of rotatable bonds is 6. The van der Waals surface area contributed by atoms with E-state index in [1.165, 1.54) is 0 Å². The van der Waals surface area contributed by atoms with Crippen molar-refractivity contribution < 1.29 is 18.8 Å². The SMILES string of the molecule is CCC[C@H](OC(=O)c1cc(C)nc2ccccc12)C(=O)Nc1cc(C)on1. The van der Waals surface area contributed by atoms with Crippen LogP contribution in [0.4, 0.5) is 5.82 Å². The van der Waals surface area contributed by atoms with Crippen LogP contribution in [-0.2, 0) is 9.53 Å². The Morgan fingerprint density at radius 3 is 2.70 bits per heavy atom. The van der Waals surface area contributed by atoms with E-state index in [0.717, 1.165) is 0 Å². The Morgan fingerprint density at radius 1 is 1.22 bits per heavy atom. The van der Waals surface area contributed by atoms with Gasteiger partial charge in [0.1, 0.15) is 5.76 Å². The van der Waals surface area contributed by atoms with Crippen LogP contribution in [0.25, 0.3) is 10.9 Å². The molecule has 2 heterocycles. The van der Waals surface area contributed by atoms with Crippen LogP contribution in [0.1, 0.15) is 41.6 Å². The third kappa shape index (κ3) is 4.31. The molecule has 7 heteroatoms. The Balaban J connectivity index is 1.82. The molecule has 1 amide bonds. The van der Waals surface area contributed by atoms with Crippen LogP contribution in [-0.4, -0.2) is 28.1 Å². The minimum absolute atomic E-state index is 0.292. The van der Waals surface area contributed by atoms with E-state index in [2.05, 4.69) is 15.5 Å². The van der Waals surface area contributed by atoms with Crippen molar-refractivity contribution in [3.05, 3.63) is 53.4 Å². The van der Waals surface area contributed by atoms with Crippen molar-refractivity contribution in [2.45, 2.75) is 39.7 Å². The number of ether oxygens (including phenoxy) is 1. The highest BCUT2D eigenvalue weighted by Crippen LogP contribution is 2.20. The number of benzene rings is 1. The Labute approximate surface area is 156 Å². The highest BCUT2D eigenvalue weighted by molar-refractivity contribution is 6.05. The highest BCUT2D eigenvalue weighted by Gasteiger charge is 2.25. The number of fused-ring (bicyclic) bond motifs is 1. The second-order valence-electron chi connectivity index (χ2n) is 6.32. The van der Waals surface area contributed by atoms with Crippen LogP contribution in [0.15, 0.2) is 40.9 Å². The predicted octanol–water partition coefficient (Wildman–Crippen LogP) is 3.80. The maximum Gasteiger partial charge on any atom is 0.339 e. The van der Waals surface area contributed by atoms with Crippen molar-refractivity contribution in [1.82, 2.24) is 10.1 Å². The molecule has 1 N–H and O–H groups in total. The van der Waals surface area contributed by atoms with Crippen molar-refractivity contribution in [3.8, 4) is 0 Å². The van der Waals surface area contributed by atoms with Gasteiger partial charge in [-0.05, 0) is 32.4 Å². The molecule has 3 aromatic rings. The van der Waals surface area contributed by atoms with Crippen molar-refractivity contribution in [3.63, 3.8) is 0 Å². The first-order valence-electron chi connectivity index (χ1n) is 8.79. The smallest absolute Gasteiger partial charge is 0.339 e. The van der Waals surface area contributed by atoms with Crippen molar-refractivity contribution >= 4 is 28.6 Å². The summed E-state index contributed by atoms with van der Waals surface area (Å²) in [5.74, 6) is -0.122. The monoisotopic (exact) mass is 367 g/mol. The lowest BCUT2D eigenvalue weighted by molar-refractivity contribution is -0.125. The average molecular weight is 367 g/mol. The molecule has 0 aliphatic heterocycles. The van der Waals surface area contributed by atoms with Crippen molar-refractivity contribution in [2.75, 3.05) is 5.32 Å². The van der Waals surface area contributed by atoms with Gasteiger partial charge in [0.2, 0.25) is 0 Å². The van der Waals surface area contributed by atoms with Gasteiger partial charge in [-0.1, -0.05) is 36.7 Å². The lowest BCUT2D eigenvalue weighted by atomic mass is 10.1. The van der Waals surface area contributed by atoms with E-state index in [1.54, 1.807) is 19.1 Å². The van der Waals surface area contributed by atoms with Gasteiger partial charge in [0, 0.05) is 17.1 Å². The summed E-state index contributed by atoms with van der Waals surface area (Å²) in [6.45, 7) is 5.45. The number of anilines is 1. The number of aromatic nitrogens is 2. The van der Waals surface area contributed by atoms with E-state index in [1.807, 2.05) is 38.1 Å². The Bertz CT molecular complexity index is 980. The minimum Gasteiger partial charge on any atom is -0.449 e. The molecular weight excluding hydrogens is 346 g/mol. The van der Waals surface area contributed by atoms with Gasteiger partial charge in [-0.15, -0.1) is 0 Å². The first-order valence-corrected chi connectivity index (χ1v) is 8.79. The zero-order valence-electron chi connectivity index (χ0n) is 15.5. The molecule has 27 heavy (non-hydrogen) atoms. The van der Waals surface area contributed by atoms with Crippen molar-refractivity contribution in [1.29, 1.82) is 0 Å². The predicted molar refractivity (Wildman–Crippen MR) is 100 cm³/mol. The van der Waals surface area contributed by atoms with Gasteiger partial charge < -0.3 is 14.6 Å². The number of nitrogens with one attached hydrogen (secondary N) is 1. The lowest BCUT2D eigenvalue weighted by Crippen LogP contribution is -2.32. The number of aryl methyl sites for hydroxylation is 2. The van der Waals surface area contributed by atoms with Crippen molar-refractivity contribution in [2.24, 2.45) is 0 Å². The third-order valence-electron chi connectivity index (χ3n) is 4.04. The summed E-state index contributed by atoms with van der Waals surface area (Å²) in [7, 11) is 0. The standard InChI is InChI=1S/C20H21N3O4/c1-4-7-17(19(24)22-18-11-13(3)27-23-18)26-20(25)15-10-12(2)21-16-9-6-5-8-14(15)16/h5-6,8-11,17H,4,7H2,1-3H3,(H,22,23,24)/t17-/m0/s1. The maximum absolute atomic E-state index is 12.8. The van der Waals surface area contributed by atoms with Gasteiger partial charge >= 0.3 is 5.97 Å². The molecular formula is C20H21N3O4. The number of para-hydroxylation sites is 1. The molecule has 0 spiro atoms. The second kappa shape index (κ2) is 7.99.